The lowest BCUT2D eigenvalue weighted by Gasteiger charge is -2.31. The number of hydrogen-bond acceptors (Lipinski definition) is 6. The molecule has 2 heterocycles. The first-order valence-electron chi connectivity index (χ1n) is 10.2. The van der Waals surface area contributed by atoms with Crippen molar-refractivity contribution in [1.82, 2.24) is 15.3 Å². The lowest BCUT2D eigenvalue weighted by atomic mass is 9.83. The van der Waals surface area contributed by atoms with Gasteiger partial charge in [0.15, 0.2) is 5.16 Å². The maximum atomic E-state index is 12.7. The number of rotatable bonds is 7. The monoisotopic (exact) mass is 432 g/mol. The van der Waals surface area contributed by atoms with Crippen LogP contribution in [0.2, 0.25) is 0 Å². The van der Waals surface area contributed by atoms with Gasteiger partial charge in [-0.25, -0.2) is 4.98 Å². The van der Waals surface area contributed by atoms with Gasteiger partial charge in [0.2, 0.25) is 5.91 Å². The fourth-order valence-electron chi connectivity index (χ4n) is 3.82. The van der Waals surface area contributed by atoms with Crippen molar-refractivity contribution < 1.29 is 4.79 Å². The molecule has 0 spiro atoms. The van der Waals surface area contributed by atoms with E-state index >= 15 is 0 Å². The van der Waals surface area contributed by atoms with Crippen LogP contribution in [-0.4, -0.2) is 27.2 Å². The third-order valence-electron chi connectivity index (χ3n) is 5.73. The summed E-state index contributed by atoms with van der Waals surface area (Å²) in [6.07, 6.45) is 6.38. The van der Waals surface area contributed by atoms with E-state index in [1.807, 2.05) is 6.92 Å². The number of H-pyrrole nitrogens is 1. The van der Waals surface area contributed by atoms with E-state index in [-0.39, 0.29) is 17.2 Å². The van der Waals surface area contributed by atoms with Crippen molar-refractivity contribution >= 4 is 39.2 Å². The minimum Gasteiger partial charge on any atom is -0.337 e. The molecule has 1 amide bonds. The molecular weight excluding hydrogens is 404 g/mol. The highest BCUT2D eigenvalue weighted by molar-refractivity contribution is 7.99. The molecule has 1 aliphatic rings. The fraction of sp³-hybridized carbons (Fsp3) is 0.619. The minimum atomic E-state index is -0.740. The molecule has 29 heavy (non-hydrogen) atoms. The van der Waals surface area contributed by atoms with Gasteiger partial charge in [-0.15, -0.1) is 11.3 Å². The van der Waals surface area contributed by atoms with Crippen LogP contribution in [0, 0.1) is 24.2 Å². The molecule has 0 radical (unpaired) electrons. The van der Waals surface area contributed by atoms with Gasteiger partial charge in [0.25, 0.3) is 5.56 Å². The first kappa shape index (κ1) is 21.8. The molecule has 2 aromatic rings. The Hall–Kier alpha value is -1.85. The molecule has 2 aromatic heterocycles. The molecule has 6 nitrogen and oxygen atoms in total. The lowest BCUT2D eigenvalue weighted by Crippen LogP contribution is -2.49. The Kier molecular flexibility index (Phi) is 7.01. The number of nitrogens with one attached hydrogen (secondary N) is 2. The van der Waals surface area contributed by atoms with Gasteiger partial charge in [-0.3, -0.25) is 9.59 Å². The normalized spacial score (nSPS) is 17.0. The molecule has 0 aliphatic heterocycles. The van der Waals surface area contributed by atoms with Crippen LogP contribution >= 0.6 is 23.1 Å². The minimum absolute atomic E-state index is 0.127. The Bertz CT molecular complexity index is 983. The van der Waals surface area contributed by atoms with Crippen molar-refractivity contribution in [2.24, 2.45) is 5.92 Å². The Labute approximate surface area is 179 Å². The first-order chi connectivity index (χ1) is 13.9. The van der Waals surface area contributed by atoms with Gasteiger partial charge in [-0.05, 0) is 37.7 Å². The highest BCUT2D eigenvalue weighted by Gasteiger charge is 2.33. The van der Waals surface area contributed by atoms with Crippen LogP contribution in [0.5, 0.6) is 0 Å². The first-order valence-corrected chi connectivity index (χ1v) is 12.0. The summed E-state index contributed by atoms with van der Waals surface area (Å²) in [5.74, 6) is 0.444. The second-order valence-electron chi connectivity index (χ2n) is 8.00. The Balaban J connectivity index is 1.72. The summed E-state index contributed by atoms with van der Waals surface area (Å²) in [6.45, 7) is 6.38. The Morgan fingerprint density at radius 1 is 1.41 bits per heavy atom. The lowest BCUT2D eigenvalue weighted by molar-refractivity contribution is -0.120. The number of aryl methyl sites for hydroxylation is 1. The second-order valence-corrected chi connectivity index (χ2v) is 10.2. The van der Waals surface area contributed by atoms with E-state index in [2.05, 4.69) is 35.2 Å². The highest BCUT2D eigenvalue weighted by atomic mass is 32.2. The summed E-state index contributed by atoms with van der Waals surface area (Å²) >= 11 is 2.74. The number of aromatic amines is 1. The van der Waals surface area contributed by atoms with Crippen LogP contribution in [0.3, 0.4) is 0 Å². The van der Waals surface area contributed by atoms with Gasteiger partial charge in [-0.2, -0.15) is 5.26 Å². The van der Waals surface area contributed by atoms with Crippen LogP contribution in [0.25, 0.3) is 10.2 Å². The highest BCUT2D eigenvalue weighted by Crippen LogP contribution is 2.31. The fourth-order valence-corrected chi connectivity index (χ4v) is 5.59. The van der Waals surface area contributed by atoms with Gasteiger partial charge in [-0.1, -0.05) is 51.3 Å². The number of thioether (sulfide) groups is 1. The van der Waals surface area contributed by atoms with Crippen molar-refractivity contribution in [2.45, 2.75) is 76.4 Å². The van der Waals surface area contributed by atoms with E-state index in [1.165, 1.54) is 23.1 Å². The number of thiophene rings is 1. The molecule has 3 rings (SSSR count). The van der Waals surface area contributed by atoms with Gasteiger partial charge in [0.05, 0.1) is 17.2 Å². The van der Waals surface area contributed by atoms with Gasteiger partial charge in [0, 0.05) is 4.88 Å². The number of carbonyl (C=O) groups excluding carboxylic acids is 1. The Morgan fingerprint density at radius 3 is 2.79 bits per heavy atom. The zero-order valence-electron chi connectivity index (χ0n) is 17.3. The zero-order chi connectivity index (χ0) is 21.0. The van der Waals surface area contributed by atoms with Crippen LogP contribution < -0.4 is 10.9 Å². The molecule has 8 heteroatoms. The van der Waals surface area contributed by atoms with Crippen LogP contribution in [-0.2, 0) is 11.2 Å². The van der Waals surface area contributed by atoms with Crippen LogP contribution in [0.15, 0.2) is 9.95 Å². The van der Waals surface area contributed by atoms with Crippen molar-refractivity contribution in [1.29, 1.82) is 5.26 Å². The zero-order valence-corrected chi connectivity index (χ0v) is 18.9. The molecular formula is C21H28N4O2S2. The van der Waals surface area contributed by atoms with E-state index in [1.54, 1.807) is 0 Å². The van der Waals surface area contributed by atoms with Gasteiger partial charge >= 0.3 is 0 Å². The molecule has 0 saturated heterocycles. The van der Waals surface area contributed by atoms with E-state index in [0.717, 1.165) is 47.4 Å². The number of nitrogens with zero attached hydrogens (tertiary/aromatic N) is 2. The number of aromatic nitrogens is 2. The predicted molar refractivity (Wildman–Crippen MR) is 118 cm³/mol. The summed E-state index contributed by atoms with van der Waals surface area (Å²) in [7, 11) is 0. The third-order valence-corrected chi connectivity index (χ3v) is 7.64. The molecule has 0 bridgehead atoms. The van der Waals surface area contributed by atoms with Crippen molar-refractivity contribution in [3.05, 3.63) is 20.8 Å². The summed E-state index contributed by atoms with van der Waals surface area (Å²) in [5.41, 5.74) is 0.216. The SMILES string of the molecule is CCC(C)Cc1c(C)sc2nc(SCC(=O)NC3(C#N)CCCCC3)[nH]c(=O)c12. The standard InChI is InChI=1S/C21H28N4O2S2/c1-4-13(2)10-15-14(3)29-19-17(15)18(27)23-20(24-19)28-11-16(26)25-21(12-22)8-6-5-7-9-21/h13H,4-11H2,1-3H3,(H,25,26)(H,23,24,27). The number of fused-ring (bicyclic) bond motifs is 1. The molecule has 1 atom stereocenters. The number of hydrogen-bond donors (Lipinski definition) is 2. The molecule has 156 valence electrons. The number of nitriles is 1. The molecule has 1 aliphatic carbocycles. The summed E-state index contributed by atoms with van der Waals surface area (Å²) in [6, 6.07) is 2.30. The molecule has 0 aromatic carbocycles. The summed E-state index contributed by atoms with van der Waals surface area (Å²) in [5, 5.41) is 13.6. The maximum Gasteiger partial charge on any atom is 0.260 e. The van der Waals surface area contributed by atoms with Crippen molar-refractivity contribution in [3.63, 3.8) is 0 Å². The smallest absolute Gasteiger partial charge is 0.260 e. The van der Waals surface area contributed by atoms with Crippen molar-refractivity contribution in [2.75, 3.05) is 5.75 Å². The average molecular weight is 433 g/mol. The van der Waals surface area contributed by atoms with E-state index in [9.17, 15) is 14.9 Å². The average Bonchev–Trinajstić information content (AvgIpc) is 3.02. The van der Waals surface area contributed by atoms with Crippen molar-refractivity contribution in [3.8, 4) is 6.07 Å². The van der Waals surface area contributed by atoms with Gasteiger partial charge in [0.1, 0.15) is 10.4 Å². The van der Waals surface area contributed by atoms with Gasteiger partial charge < -0.3 is 10.3 Å². The molecule has 2 N–H and O–H groups in total. The van der Waals surface area contributed by atoms with E-state index < -0.39 is 5.54 Å². The van der Waals surface area contributed by atoms with E-state index in [0.29, 0.717) is 29.3 Å². The number of carbonyl (C=O) groups is 1. The summed E-state index contributed by atoms with van der Waals surface area (Å²) < 4.78 is 0. The largest absolute Gasteiger partial charge is 0.337 e. The third kappa shape index (κ3) is 5.01. The van der Waals surface area contributed by atoms with E-state index in [4.69, 9.17) is 0 Å². The predicted octanol–water partition coefficient (Wildman–Crippen LogP) is 4.32. The van der Waals surface area contributed by atoms with Crippen LogP contribution in [0.4, 0.5) is 0 Å². The number of amides is 1. The maximum absolute atomic E-state index is 12.7. The molecule has 1 unspecified atom stereocenters. The second kappa shape index (κ2) is 9.31. The summed E-state index contributed by atoms with van der Waals surface area (Å²) in [4.78, 5) is 34.4. The van der Waals surface area contributed by atoms with Crippen LogP contribution in [0.1, 0.15) is 62.8 Å². The Morgan fingerprint density at radius 2 is 2.14 bits per heavy atom. The molecule has 1 saturated carbocycles. The molecule has 1 fully saturated rings. The topological polar surface area (TPSA) is 98.6 Å². The quantitative estimate of drug-likeness (QED) is 0.501.